The highest BCUT2D eigenvalue weighted by Gasteiger charge is 2.43. The number of hydrogen-bond donors (Lipinski definition) is 1. The molecule has 0 bridgehead atoms. The molecular formula is C18H23N3O. The molecule has 1 aliphatic carbocycles. The molecular weight excluding hydrogens is 274 g/mol. The van der Waals surface area contributed by atoms with Crippen molar-refractivity contribution in [2.45, 2.75) is 39.2 Å². The lowest BCUT2D eigenvalue weighted by Gasteiger charge is -2.07. The van der Waals surface area contributed by atoms with Crippen LogP contribution in [0.15, 0.2) is 36.4 Å². The van der Waals surface area contributed by atoms with E-state index in [1.807, 2.05) is 29.8 Å². The molecule has 4 nitrogen and oxygen atoms in total. The third-order valence-corrected chi connectivity index (χ3v) is 4.30. The van der Waals surface area contributed by atoms with Crippen molar-refractivity contribution in [3.63, 3.8) is 0 Å². The van der Waals surface area contributed by atoms with Gasteiger partial charge in [-0.2, -0.15) is 5.10 Å². The van der Waals surface area contributed by atoms with Gasteiger partial charge >= 0.3 is 0 Å². The molecule has 116 valence electrons. The van der Waals surface area contributed by atoms with Crippen LogP contribution in [0.3, 0.4) is 0 Å². The van der Waals surface area contributed by atoms with Gasteiger partial charge in [-0.05, 0) is 44.2 Å². The molecule has 1 saturated carbocycles. The molecule has 1 N–H and O–H groups in total. The van der Waals surface area contributed by atoms with E-state index in [1.54, 1.807) is 0 Å². The second-order valence-electron chi connectivity index (χ2n) is 6.15. The average molecular weight is 297 g/mol. The van der Waals surface area contributed by atoms with E-state index in [9.17, 15) is 4.79 Å². The van der Waals surface area contributed by atoms with Crippen molar-refractivity contribution in [2.24, 2.45) is 5.92 Å². The predicted molar refractivity (Wildman–Crippen MR) is 86.6 cm³/mol. The molecule has 2 aromatic rings. The summed E-state index contributed by atoms with van der Waals surface area (Å²) in [4.78, 5) is 12.1. The number of aryl methyl sites for hydroxylation is 3. The van der Waals surface area contributed by atoms with E-state index >= 15 is 0 Å². The Labute approximate surface area is 131 Å². The maximum absolute atomic E-state index is 12.1. The number of nitrogens with zero attached hydrogens (tertiary/aromatic N) is 2. The molecule has 1 amide bonds. The Morgan fingerprint density at radius 2 is 2.09 bits per heavy atom. The van der Waals surface area contributed by atoms with Crippen LogP contribution in [-0.4, -0.2) is 22.2 Å². The molecule has 4 heteroatoms. The second kappa shape index (κ2) is 6.34. The topological polar surface area (TPSA) is 46.9 Å². The van der Waals surface area contributed by atoms with Gasteiger partial charge in [0, 0.05) is 24.7 Å². The molecule has 1 heterocycles. The summed E-state index contributed by atoms with van der Waals surface area (Å²) in [6.45, 7) is 5.64. The zero-order chi connectivity index (χ0) is 15.5. The number of aromatic nitrogens is 2. The van der Waals surface area contributed by atoms with Crippen LogP contribution in [0.5, 0.6) is 0 Å². The van der Waals surface area contributed by atoms with Gasteiger partial charge in [0.25, 0.3) is 0 Å². The molecule has 1 aromatic carbocycles. The number of carbonyl (C=O) groups is 1. The van der Waals surface area contributed by atoms with E-state index in [4.69, 9.17) is 0 Å². The maximum Gasteiger partial charge on any atom is 0.223 e. The van der Waals surface area contributed by atoms with Crippen molar-refractivity contribution < 1.29 is 4.79 Å². The van der Waals surface area contributed by atoms with Crippen LogP contribution in [0, 0.1) is 19.8 Å². The van der Waals surface area contributed by atoms with Crippen LogP contribution in [0.25, 0.3) is 0 Å². The first kappa shape index (κ1) is 14.8. The van der Waals surface area contributed by atoms with Gasteiger partial charge < -0.3 is 5.32 Å². The molecule has 1 aliphatic rings. The van der Waals surface area contributed by atoms with E-state index in [1.165, 1.54) is 11.3 Å². The van der Waals surface area contributed by atoms with Crippen LogP contribution >= 0.6 is 0 Å². The maximum atomic E-state index is 12.1. The standard InChI is InChI=1S/C18H23N3O/c1-13-11-14(2)21(20-13)10-6-9-19-18(22)17-12-16(17)15-7-4-3-5-8-15/h3-5,7-8,11,16-17H,6,9-10,12H2,1-2H3,(H,19,22). The van der Waals surface area contributed by atoms with E-state index in [0.717, 1.165) is 31.6 Å². The molecule has 0 saturated heterocycles. The Morgan fingerprint density at radius 1 is 1.32 bits per heavy atom. The van der Waals surface area contributed by atoms with Gasteiger partial charge in [0.1, 0.15) is 0 Å². The first-order chi connectivity index (χ1) is 10.6. The number of carbonyl (C=O) groups excluding carboxylic acids is 1. The average Bonchev–Trinajstić information content (AvgIpc) is 3.25. The fourth-order valence-corrected chi connectivity index (χ4v) is 3.03. The highest BCUT2D eigenvalue weighted by Crippen LogP contribution is 2.47. The summed E-state index contributed by atoms with van der Waals surface area (Å²) in [5.41, 5.74) is 3.51. The highest BCUT2D eigenvalue weighted by atomic mass is 16.2. The van der Waals surface area contributed by atoms with Crippen LogP contribution in [0.4, 0.5) is 0 Å². The van der Waals surface area contributed by atoms with E-state index in [0.29, 0.717) is 5.92 Å². The summed E-state index contributed by atoms with van der Waals surface area (Å²) in [5, 5.41) is 7.49. The summed E-state index contributed by atoms with van der Waals surface area (Å²) in [7, 11) is 0. The first-order valence-corrected chi connectivity index (χ1v) is 7.99. The lowest BCUT2D eigenvalue weighted by molar-refractivity contribution is -0.122. The molecule has 2 atom stereocenters. The normalized spacial score (nSPS) is 19.9. The SMILES string of the molecule is Cc1cc(C)n(CCCNC(=O)C2CC2c2ccccc2)n1. The summed E-state index contributed by atoms with van der Waals surface area (Å²) >= 11 is 0. The molecule has 1 fully saturated rings. The van der Waals surface area contributed by atoms with Crippen LogP contribution in [-0.2, 0) is 11.3 Å². The summed E-state index contributed by atoms with van der Waals surface area (Å²) in [6.07, 6.45) is 1.89. The zero-order valence-corrected chi connectivity index (χ0v) is 13.2. The molecule has 0 spiro atoms. The van der Waals surface area contributed by atoms with Crippen molar-refractivity contribution in [1.29, 1.82) is 0 Å². The lowest BCUT2D eigenvalue weighted by atomic mass is 10.1. The van der Waals surface area contributed by atoms with Crippen molar-refractivity contribution in [1.82, 2.24) is 15.1 Å². The fraction of sp³-hybridized carbons (Fsp3) is 0.444. The number of rotatable bonds is 6. The molecule has 0 aliphatic heterocycles. The minimum atomic E-state index is 0.163. The minimum absolute atomic E-state index is 0.163. The lowest BCUT2D eigenvalue weighted by Crippen LogP contribution is -2.27. The predicted octanol–water partition coefficient (Wildman–Crippen LogP) is 2.81. The second-order valence-corrected chi connectivity index (χ2v) is 6.15. The third-order valence-electron chi connectivity index (χ3n) is 4.30. The third kappa shape index (κ3) is 3.38. The van der Waals surface area contributed by atoms with Gasteiger partial charge in [0.05, 0.1) is 5.69 Å². The Bertz CT molecular complexity index is 648. The van der Waals surface area contributed by atoms with E-state index in [-0.39, 0.29) is 11.8 Å². The Hall–Kier alpha value is -2.10. The van der Waals surface area contributed by atoms with Crippen molar-refractivity contribution in [3.05, 3.63) is 53.3 Å². The Morgan fingerprint density at radius 3 is 2.77 bits per heavy atom. The van der Waals surface area contributed by atoms with Crippen LogP contribution < -0.4 is 5.32 Å². The van der Waals surface area contributed by atoms with Crippen LogP contribution in [0.2, 0.25) is 0 Å². The number of amides is 1. The monoisotopic (exact) mass is 297 g/mol. The molecule has 2 unspecified atom stereocenters. The van der Waals surface area contributed by atoms with Gasteiger partial charge in [-0.1, -0.05) is 30.3 Å². The van der Waals surface area contributed by atoms with Crippen molar-refractivity contribution >= 4 is 5.91 Å². The van der Waals surface area contributed by atoms with Crippen LogP contribution in [0.1, 0.15) is 35.7 Å². The molecule has 1 aromatic heterocycles. The van der Waals surface area contributed by atoms with Crippen molar-refractivity contribution in [3.8, 4) is 0 Å². The Balaban J connectivity index is 1.40. The van der Waals surface area contributed by atoms with Gasteiger partial charge in [0.15, 0.2) is 0 Å². The molecule has 0 radical (unpaired) electrons. The smallest absolute Gasteiger partial charge is 0.223 e. The summed E-state index contributed by atoms with van der Waals surface area (Å²) in [5.74, 6) is 0.774. The van der Waals surface area contributed by atoms with Gasteiger partial charge in [-0.15, -0.1) is 0 Å². The fourth-order valence-electron chi connectivity index (χ4n) is 3.03. The summed E-state index contributed by atoms with van der Waals surface area (Å²) < 4.78 is 2.01. The molecule has 3 rings (SSSR count). The first-order valence-electron chi connectivity index (χ1n) is 7.99. The van der Waals surface area contributed by atoms with Crippen molar-refractivity contribution in [2.75, 3.05) is 6.54 Å². The van der Waals surface area contributed by atoms with Gasteiger partial charge in [-0.3, -0.25) is 9.48 Å². The van der Waals surface area contributed by atoms with E-state index in [2.05, 4.69) is 35.5 Å². The number of hydrogen-bond acceptors (Lipinski definition) is 2. The van der Waals surface area contributed by atoms with Gasteiger partial charge in [0.2, 0.25) is 5.91 Å². The molecule has 22 heavy (non-hydrogen) atoms. The number of nitrogens with one attached hydrogen (secondary N) is 1. The zero-order valence-electron chi connectivity index (χ0n) is 13.2. The largest absolute Gasteiger partial charge is 0.356 e. The Kier molecular flexibility index (Phi) is 4.27. The minimum Gasteiger partial charge on any atom is -0.356 e. The number of benzene rings is 1. The summed E-state index contributed by atoms with van der Waals surface area (Å²) in [6, 6.07) is 12.4. The van der Waals surface area contributed by atoms with E-state index < -0.39 is 0 Å². The quantitative estimate of drug-likeness (QED) is 0.833. The van der Waals surface area contributed by atoms with Gasteiger partial charge in [-0.25, -0.2) is 0 Å². The highest BCUT2D eigenvalue weighted by molar-refractivity contribution is 5.82.